The predicted octanol–water partition coefficient (Wildman–Crippen LogP) is 3.66. The lowest BCUT2D eigenvalue weighted by atomic mass is 10.0. The average molecular weight is 399 g/mol. The zero-order valence-corrected chi connectivity index (χ0v) is 16.0. The van der Waals surface area contributed by atoms with Gasteiger partial charge in [-0.05, 0) is 43.5 Å². The lowest BCUT2D eigenvalue weighted by Gasteiger charge is -2.34. The molecular formula is C17H20Cl2N4OS. The van der Waals surface area contributed by atoms with E-state index in [4.69, 9.17) is 17.3 Å². The maximum Gasteiger partial charge on any atom is 0.274 e. The molecule has 1 aliphatic rings. The summed E-state index contributed by atoms with van der Waals surface area (Å²) >= 11 is 7.57. The minimum Gasteiger partial charge on any atom is -0.333 e. The second-order valence-corrected chi connectivity index (χ2v) is 7.14. The maximum atomic E-state index is 12.6. The van der Waals surface area contributed by atoms with Gasteiger partial charge in [0.1, 0.15) is 5.03 Å². The molecule has 2 aromatic rings. The molecule has 1 aromatic carbocycles. The van der Waals surface area contributed by atoms with E-state index in [1.165, 1.54) is 11.8 Å². The van der Waals surface area contributed by atoms with E-state index in [1.54, 1.807) is 12.1 Å². The number of halogens is 2. The van der Waals surface area contributed by atoms with Crippen LogP contribution in [0, 0.1) is 0 Å². The van der Waals surface area contributed by atoms with Gasteiger partial charge in [-0.25, -0.2) is 0 Å². The molecule has 1 unspecified atom stereocenters. The lowest BCUT2D eigenvalue weighted by Crippen LogP contribution is -2.47. The van der Waals surface area contributed by atoms with E-state index < -0.39 is 0 Å². The standard InChI is InChI=1S/C17H19ClN4OS.ClH/c18-13-6-1-2-7-15(13)24-16-9-8-14(20-21-16)17(23)22-10-4-3-5-12(22)11-19;/h1-2,6-9,12H,3-5,10-11,19H2;1H. The minimum atomic E-state index is -0.0908. The predicted molar refractivity (Wildman–Crippen MR) is 103 cm³/mol. The Labute approximate surface area is 162 Å². The van der Waals surface area contributed by atoms with Crippen LogP contribution in [-0.4, -0.2) is 40.1 Å². The Balaban J connectivity index is 0.00000225. The summed E-state index contributed by atoms with van der Waals surface area (Å²) in [5.41, 5.74) is 6.15. The van der Waals surface area contributed by atoms with Crippen LogP contribution in [0.2, 0.25) is 5.02 Å². The summed E-state index contributed by atoms with van der Waals surface area (Å²) in [5.74, 6) is -0.0908. The van der Waals surface area contributed by atoms with Gasteiger partial charge in [0.15, 0.2) is 5.69 Å². The first-order valence-electron chi connectivity index (χ1n) is 7.96. The molecule has 5 nitrogen and oxygen atoms in total. The third-order valence-electron chi connectivity index (χ3n) is 4.07. The molecule has 0 radical (unpaired) electrons. The van der Waals surface area contributed by atoms with Crippen molar-refractivity contribution in [2.75, 3.05) is 13.1 Å². The van der Waals surface area contributed by atoms with E-state index in [0.29, 0.717) is 22.3 Å². The number of likely N-dealkylation sites (tertiary alicyclic amines) is 1. The number of nitrogens with two attached hydrogens (primary N) is 1. The van der Waals surface area contributed by atoms with Crippen LogP contribution in [0.5, 0.6) is 0 Å². The van der Waals surface area contributed by atoms with Crippen molar-refractivity contribution < 1.29 is 4.79 Å². The molecule has 134 valence electrons. The summed E-state index contributed by atoms with van der Waals surface area (Å²) in [7, 11) is 0. The Kier molecular flexibility index (Phi) is 7.50. The van der Waals surface area contributed by atoms with E-state index in [2.05, 4.69) is 10.2 Å². The van der Waals surface area contributed by atoms with Crippen molar-refractivity contribution in [1.29, 1.82) is 0 Å². The van der Waals surface area contributed by atoms with Gasteiger partial charge in [0, 0.05) is 24.0 Å². The lowest BCUT2D eigenvalue weighted by molar-refractivity contribution is 0.0615. The van der Waals surface area contributed by atoms with Gasteiger partial charge >= 0.3 is 0 Å². The highest BCUT2D eigenvalue weighted by molar-refractivity contribution is 7.99. The highest BCUT2D eigenvalue weighted by atomic mass is 35.5. The molecule has 0 spiro atoms. The first-order chi connectivity index (χ1) is 11.7. The van der Waals surface area contributed by atoms with Gasteiger partial charge in [-0.15, -0.1) is 22.6 Å². The number of carbonyl (C=O) groups is 1. The van der Waals surface area contributed by atoms with Crippen molar-refractivity contribution in [3.05, 3.63) is 47.1 Å². The molecule has 0 bridgehead atoms. The molecule has 2 heterocycles. The quantitative estimate of drug-likeness (QED) is 0.850. The van der Waals surface area contributed by atoms with Gasteiger partial charge in [-0.3, -0.25) is 4.79 Å². The first kappa shape index (κ1) is 20.0. The summed E-state index contributed by atoms with van der Waals surface area (Å²) in [4.78, 5) is 15.4. The van der Waals surface area contributed by atoms with Gasteiger partial charge in [-0.1, -0.05) is 35.5 Å². The Morgan fingerprint density at radius 1 is 1.24 bits per heavy atom. The molecule has 3 rings (SSSR count). The van der Waals surface area contributed by atoms with Crippen molar-refractivity contribution in [1.82, 2.24) is 15.1 Å². The van der Waals surface area contributed by atoms with Crippen LogP contribution in [0.15, 0.2) is 46.3 Å². The van der Waals surface area contributed by atoms with Crippen LogP contribution >= 0.6 is 35.8 Å². The summed E-state index contributed by atoms with van der Waals surface area (Å²) in [5, 5.41) is 9.63. The second-order valence-electron chi connectivity index (χ2n) is 5.67. The summed E-state index contributed by atoms with van der Waals surface area (Å²) < 4.78 is 0. The molecule has 25 heavy (non-hydrogen) atoms. The van der Waals surface area contributed by atoms with E-state index in [9.17, 15) is 4.79 Å². The molecule has 1 saturated heterocycles. The van der Waals surface area contributed by atoms with E-state index in [-0.39, 0.29) is 24.4 Å². The van der Waals surface area contributed by atoms with Crippen LogP contribution in [0.3, 0.4) is 0 Å². The molecule has 0 saturated carbocycles. The van der Waals surface area contributed by atoms with Gasteiger partial charge in [0.05, 0.1) is 5.02 Å². The number of carbonyl (C=O) groups excluding carboxylic acids is 1. The zero-order valence-electron chi connectivity index (χ0n) is 13.6. The van der Waals surface area contributed by atoms with Crippen LogP contribution in [0.25, 0.3) is 0 Å². The number of rotatable bonds is 4. The monoisotopic (exact) mass is 398 g/mol. The van der Waals surface area contributed by atoms with Gasteiger partial charge in [-0.2, -0.15) is 0 Å². The smallest absolute Gasteiger partial charge is 0.274 e. The number of hydrogen-bond acceptors (Lipinski definition) is 5. The Bertz CT molecular complexity index is 714. The zero-order chi connectivity index (χ0) is 16.9. The van der Waals surface area contributed by atoms with Crippen molar-refractivity contribution in [2.45, 2.75) is 35.2 Å². The van der Waals surface area contributed by atoms with E-state index >= 15 is 0 Å². The fourth-order valence-electron chi connectivity index (χ4n) is 2.79. The third kappa shape index (κ3) is 4.85. The summed E-state index contributed by atoms with van der Waals surface area (Å²) in [6.07, 6.45) is 3.08. The molecule has 1 amide bonds. The van der Waals surface area contributed by atoms with Crippen molar-refractivity contribution >= 4 is 41.7 Å². The van der Waals surface area contributed by atoms with Gasteiger partial charge < -0.3 is 10.6 Å². The van der Waals surface area contributed by atoms with Crippen LogP contribution in [0.4, 0.5) is 0 Å². The van der Waals surface area contributed by atoms with Crippen molar-refractivity contribution in [3.8, 4) is 0 Å². The highest BCUT2D eigenvalue weighted by Gasteiger charge is 2.27. The van der Waals surface area contributed by atoms with Gasteiger partial charge in [0.25, 0.3) is 5.91 Å². The SMILES string of the molecule is Cl.NCC1CCCCN1C(=O)c1ccc(Sc2ccccc2Cl)nn1. The van der Waals surface area contributed by atoms with Crippen molar-refractivity contribution in [2.24, 2.45) is 5.73 Å². The molecule has 1 aliphatic heterocycles. The van der Waals surface area contributed by atoms with E-state index in [0.717, 1.165) is 30.7 Å². The van der Waals surface area contributed by atoms with Crippen LogP contribution in [0.1, 0.15) is 29.8 Å². The fraction of sp³-hybridized carbons (Fsp3) is 0.353. The number of hydrogen-bond donors (Lipinski definition) is 1. The number of benzene rings is 1. The topological polar surface area (TPSA) is 72.1 Å². The van der Waals surface area contributed by atoms with Crippen molar-refractivity contribution in [3.63, 3.8) is 0 Å². The molecule has 0 aliphatic carbocycles. The molecular weight excluding hydrogens is 379 g/mol. The first-order valence-corrected chi connectivity index (χ1v) is 9.15. The Hall–Kier alpha value is -1.34. The molecule has 1 atom stereocenters. The highest BCUT2D eigenvalue weighted by Crippen LogP contribution is 2.31. The molecule has 8 heteroatoms. The normalized spacial score (nSPS) is 17.0. The molecule has 2 N–H and O–H groups in total. The van der Waals surface area contributed by atoms with Crippen LogP contribution in [-0.2, 0) is 0 Å². The largest absolute Gasteiger partial charge is 0.333 e. The Morgan fingerprint density at radius 2 is 2.04 bits per heavy atom. The third-order valence-corrected chi connectivity index (χ3v) is 5.51. The number of nitrogens with zero attached hydrogens (tertiary/aromatic N) is 3. The van der Waals surface area contributed by atoms with E-state index in [1.807, 2.05) is 29.2 Å². The fourth-order valence-corrected chi connectivity index (χ4v) is 3.80. The molecule has 1 fully saturated rings. The minimum absolute atomic E-state index is 0. The second kappa shape index (κ2) is 9.38. The van der Waals surface area contributed by atoms with Gasteiger partial charge in [0.2, 0.25) is 0 Å². The van der Waals surface area contributed by atoms with Crippen LogP contribution < -0.4 is 5.73 Å². The summed E-state index contributed by atoms with van der Waals surface area (Å²) in [6, 6.07) is 11.2. The summed E-state index contributed by atoms with van der Waals surface area (Å²) in [6.45, 7) is 1.22. The maximum absolute atomic E-state index is 12.6. The Morgan fingerprint density at radius 3 is 2.72 bits per heavy atom. The average Bonchev–Trinajstić information content (AvgIpc) is 2.63. The number of amides is 1. The number of piperidine rings is 1. The molecule has 1 aromatic heterocycles. The number of aromatic nitrogens is 2.